The van der Waals surface area contributed by atoms with Gasteiger partial charge in [-0.25, -0.2) is 0 Å². The quantitative estimate of drug-likeness (QED) is 0.860. The van der Waals surface area contributed by atoms with Crippen molar-refractivity contribution in [3.63, 3.8) is 0 Å². The van der Waals surface area contributed by atoms with E-state index in [9.17, 15) is 0 Å². The van der Waals surface area contributed by atoms with E-state index in [1.54, 1.807) is 29.9 Å². The SMILES string of the molecule is CC(Cc1cccs1)NCc1cnccn1. The summed E-state index contributed by atoms with van der Waals surface area (Å²) in [5.41, 5.74) is 0.987. The van der Waals surface area contributed by atoms with Crippen molar-refractivity contribution in [2.45, 2.75) is 25.9 Å². The number of nitrogens with one attached hydrogen (secondary N) is 1. The lowest BCUT2D eigenvalue weighted by Gasteiger charge is -2.11. The summed E-state index contributed by atoms with van der Waals surface area (Å²) in [5, 5.41) is 5.56. The highest BCUT2D eigenvalue weighted by atomic mass is 32.1. The molecule has 0 aliphatic carbocycles. The van der Waals surface area contributed by atoms with E-state index in [-0.39, 0.29) is 0 Å². The molecular formula is C12H15N3S. The third-order valence-electron chi connectivity index (χ3n) is 2.34. The van der Waals surface area contributed by atoms with E-state index in [2.05, 4.69) is 39.7 Å². The highest BCUT2D eigenvalue weighted by Gasteiger charge is 2.04. The molecule has 0 fully saturated rings. The lowest BCUT2D eigenvalue weighted by atomic mass is 10.2. The van der Waals surface area contributed by atoms with Crippen LogP contribution < -0.4 is 5.32 Å². The summed E-state index contributed by atoms with van der Waals surface area (Å²) in [5.74, 6) is 0. The van der Waals surface area contributed by atoms with E-state index in [0.717, 1.165) is 18.7 Å². The van der Waals surface area contributed by atoms with E-state index in [0.29, 0.717) is 6.04 Å². The summed E-state index contributed by atoms with van der Waals surface area (Å²) in [6.07, 6.45) is 6.28. The molecule has 2 aromatic rings. The third-order valence-corrected chi connectivity index (χ3v) is 3.23. The largest absolute Gasteiger partial charge is 0.308 e. The first-order valence-corrected chi connectivity index (χ1v) is 6.23. The molecule has 2 aromatic heterocycles. The van der Waals surface area contributed by atoms with Crippen molar-refractivity contribution in [3.8, 4) is 0 Å². The average Bonchev–Trinajstić information content (AvgIpc) is 2.81. The van der Waals surface area contributed by atoms with Crippen LogP contribution in [0.25, 0.3) is 0 Å². The minimum Gasteiger partial charge on any atom is -0.308 e. The topological polar surface area (TPSA) is 37.8 Å². The van der Waals surface area contributed by atoms with Gasteiger partial charge >= 0.3 is 0 Å². The van der Waals surface area contributed by atoms with Crippen LogP contribution in [-0.4, -0.2) is 16.0 Å². The molecule has 0 saturated heterocycles. The molecule has 0 amide bonds. The predicted octanol–water partition coefficient (Wildman–Crippen LogP) is 2.26. The molecule has 1 N–H and O–H groups in total. The van der Waals surface area contributed by atoms with Gasteiger partial charge < -0.3 is 5.32 Å². The van der Waals surface area contributed by atoms with Crippen LogP contribution in [0.15, 0.2) is 36.1 Å². The summed E-state index contributed by atoms with van der Waals surface area (Å²) in [4.78, 5) is 9.68. The molecule has 2 heterocycles. The van der Waals surface area contributed by atoms with E-state index in [1.165, 1.54) is 4.88 Å². The molecule has 16 heavy (non-hydrogen) atoms. The van der Waals surface area contributed by atoms with Gasteiger partial charge in [0.25, 0.3) is 0 Å². The second-order valence-corrected chi connectivity index (χ2v) is 4.79. The fraction of sp³-hybridized carbons (Fsp3) is 0.333. The number of rotatable bonds is 5. The van der Waals surface area contributed by atoms with Crippen molar-refractivity contribution in [1.29, 1.82) is 0 Å². The minimum absolute atomic E-state index is 0.459. The first-order chi connectivity index (χ1) is 7.84. The van der Waals surface area contributed by atoms with E-state index in [1.807, 2.05) is 0 Å². The van der Waals surface area contributed by atoms with Crippen molar-refractivity contribution < 1.29 is 0 Å². The number of hydrogen-bond acceptors (Lipinski definition) is 4. The van der Waals surface area contributed by atoms with Gasteiger partial charge in [0, 0.05) is 36.1 Å². The average molecular weight is 233 g/mol. The third kappa shape index (κ3) is 3.40. The first kappa shape index (κ1) is 11.2. The molecule has 0 bridgehead atoms. The molecule has 84 valence electrons. The van der Waals surface area contributed by atoms with Crippen LogP contribution in [-0.2, 0) is 13.0 Å². The van der Waals surface area contributed by atoms with Gasteiger partial charge in [0.05, 0.1) is 5.69 Å². The van der Waals surface area contributed by atoms with Crippen molar-refractivity contribution in [2.75, 3.05) is 0 Å². The molecule has 0 aromatic carbocycles. The second kappa shape index (κ2) is 5.72. The maximum absolute atomic E-state index is 4.23. The summed E-state index contributed by atoms with van der Waals surface area (Å²) in [6, 6.07) is 4.72. The Balaban J connectivity index is 1.78. The first-order valence-electron chi connectivity index (χ1n) is 5.35. The molecule has 0 radical (unpaired) electrons. The molecule has 2 rings (SSSR count). The second-order valence-electron chi connectivity index (χ2n) is 3.76. The maximum atomic E-state index is 4.23. The highest BCUT2D eigenvalue weighted by Crippen LogP contribution is 2.10. The van der Waals surface area contributed by atoms with Crippen LogP contribution in [0.2, 0.25) is 0 Å². The van der Waals surface area contributed by atoms with Gasteiger partial charge in [0.15, 0.2) is 0 Å². The van der Waals surface area contributed by atoms with E-state index >= 15 is 0 Å². The van der Waals surface area contributed by atoms with Crippen LogP contribution in [0.5, 0.6) is 0 Å². The Hall–Kier alpha value is -1.26. The van der Waals surface area contributed by atoms with Crippen LogP contribution in [0, 0.1) is 0 Å². The maximum Gasteiger partial charge on any atom is 0.0724 e. The van der Waals surface area contributed by atoms with Crippen LogP contribution in [0.1, 0.15) is 17.5 Å². The molecule has 0 saturated carbocycles. The molecule has 0 aliphatic rings. The molecule has 0 spiro atoms. The summed E-state index contributed by atoms with van der Waals surface area (Å²) >= 11 is 1.80. The molecule has 0 aliphatic heterocycles. The Morgan fingerprint density at radius 3 is 3.06 bits per heavy atom. The van der Waals surface area contributed by atoms with Gasteiger partial charge in [-0.3, -0.25) is 9.97 Å². The van der Waals surface area contributed by atoms with Crippen molar-refractivity contribution in [3.05, 3.63) is 46.7 Å². The smallest absolute Gasteiger partial charge is 0.0724 e. The van der Waals surface area contributed by atoms with Gasteiger partial charge in [-0.2, -0.15) is 0 Å². The fourth-order valence-electron chi connectivity index (χ4n) is 1.50. The van der Waals surface area contributed by atoms with Gasteiger partial charge in [-0.05, 0) is 24.8 Å². The zero-order chi connectivity index (χ0) is 11.2. The van der Waals surface area contributed by atoms with Crippen molar-refractivity contribution in [2.24, 2.45) is 0 Å². The zero-order valence-electron chi connectivity index (χ0n) is 9.26. The van der Waals surface area contributed by atoms with Gasteiger partial charge in [-0.15, -0.1) is 11.3 Å². The molecule has 1 atom stereocenters. The number of nitrogens with zero attached hydrogens (tertiary/aromatic N) is 2. The summed E-state index contributed by atoms with van der Waals surface area (Å²) in [6.45, 7) is 2.97. The van der Waals surface area contributed by atoms with Crippen LogP contribution in [0.3, 0.4) is 0 Å². The number of aromatic nitrogens is 2. The molecular weight excluding hydrogens is 218 g/mol. The summed E-state index contributed by atoms with van der Waals surface area (Å²) < 4.78 is 0. The van der Waals surface area contributed by atoms with Crippen LogP contribution >= 0.6 is 11.3 Å². The Morgan fingerprint density at radius 1 is 1.44 bits per heavy atom. The lowest BCUT2D eigenvalue weighted by molar-refractivity contribution is 0.542. The van der Waals surface area contributed by atoms with Gasteiger partial charge in [0.1, 0.15) is 0 Å². The predicted molar refractivity (Wildman–Crippen MR) is 66.4 cm³/mol. The van der Waals surface area contributed by atoms with Gasteiger partial charge in [-0.1, -0.05) is 6.07 Å². The molecule has 3 nitrogen and oxygen atoms in total. The highest BCUT2D eigenvalue weighted by molar-refractivity contribution is 7.09. The fourth-order valence-corrected chi connectivity index (χ4v) is 2.34. The number of thiophene rings is 1. The normalized spacial score (nSPS) is 12.6. The lowest BCUT2D eigenvalue weighted by Crippen LogP contribution is -2.27. The Bertz CT molecular complexity index is 399. The van der Waals surface area contributed by atoms with Crippen LogP contribution in [0.4, 0.5) is 0 Å². The standard InChI is InChI=1S/C12H15N3S/c1-10(7-12-3-2-6-16-12)15-9-11-8-13-4-5-14-11/h2-6,8,10,15H,7,9H2,1H3. The Kier molecular flexibility index (Phi) is 4.02. The molecule has 1 unspecified atom stereocenters. The Morgan fingerprint density at radius 2 is 2.38 bits per heavy atom. The Labute approximate surface area is 99.6 Å². The van der Waals surface area contributed by atoms with E-state index in [4.69, 9.17) is 0 Å². The molecule has 4 heteroatoms. The van der Waals surface area contributed by atoms with Gasteiger partial charge in [0.2, 0.25) is 0 Å². The van der Waals surface area contributed by atoms with Crippen molar-refractivity contribution in [1.82, 2.24) is 15.3 Å². The summed E-state index contributed by atoms with van der Waals surface area (Å²) in [7, 11) is 0. The zero-order valence-corrected chi connectivity index (χ0v) is 10.1. The van der Waals surface area contributed by atoms with Crippen molar-refractivity contribution >= 4 is 11.3 Å². The number of hydrogen-bond donors (Lipinski definition) is 1. The monoisotopic (exact) mass is 233 g/mol. The van der Waals surface area contributed by atoms with E-state index < -0.39 is 0 Å². The minimum atomic E-state index is 0.459.